The van der Waals surface area contributed by atoms with Gasteiger partial charge in [0.2, 0.25) is 5.91 Å². The minimum Gasteiger partial charge on any atom is -0.398 e. The summed E-state index contributed by atoms with van der Waals surface area (Å²) < 4.78 is 0. The van der Waals surface area contributed by atoms with Crippen molar-refractivity contribution in [3.8, 4) is 11.3 Å². The van der Waals surface area contributed by atoms with E-state index in [1.165, 1.54) is 6.08 Å². The number of fused-ring (bicyclic) bond motifs is 1. The second kappa shape index (κ2) is 5.65. The van der Waals surface area contributed by atoms with Crippen molar-refractivity contribution in [2.45, 2.75) is 0 Å². The zero-order valence-electron chi connectivity index (χ0n) is 11.8. The molecule has 0 fully saturated rings. The molecule has 5 heteroatoms. The van der Waals surface area contributed by atoms with E-state index in [1.807, 2.05) is 18.2 Å². The number of amides is 1. The van der Waals surface area contributed by atoms with E-state index in [1.54, 1.807) is 30.6 Å². The van der Waals surface area contributed by atoms with Crippen molar-refractivity contribution in [3.05, 3.63) is 61.4 Å². The summed E-state index contributed by atoms with van der Waals surface area (Å²) in [6.07, 6.45) is 4.55. The molecule has 3 aromatic rings. The van der Waals surface area contributed by atoms with Gasteiger partial charge in [-0.3, -0.25) is 14.8 Å². The number of aromatic nitrogens is 2. The average molecular weight is 290 g/mol. The van der Waals surface area contributed by atoms with E-state index in [-0.39, 0.29) is 5.91 Å². The third-order valence-corrected chi connectivity index (χ3v) is 3.29. The molecule has 1 amide bonds. The Hall–Kier alpha value is -3.21. The lowest BCUT2D eigenvalue weighted by Gasteiger charge is -2.07. The van der Waals surface area contributed by atoms with E-state index in [2.05, 4.69) is 21.9 Å². The third kappa shape index (κ3) is 2.64. The van der Waals surface area contributed by atoms with Gasteiger partial charge in [0.25, 0.3) is 0 Å². The Morgan fingerprint density at radius 1 is 1.14 bits per heavy atom. The summed E-state index contributed by atoms with van der Waals surface area (Å²) in [4.78, 5) is 20.0. The summed E-state index contributed by atoms with van der Waals surface area (Å²) in [5.41, 5.74) is 9.73. The summed E-state index contributed by atoms with van der Waals surface area (Å²) in [6.45, 7) is 3.43. The standard InChI is InChI=1S/C17H14N4O/c1-2-17(22)21-12-5-7-19-15(10-12)11-3-4-13-14(18)6-8-20-16(13)9-11/h2-10H,1H2,(H2,18,20)(H,19,21,22). The molecular weight excluding hydrogens is 276 g/mol. The lowest BCUT2D eigenvalue weighted by atomic mass is 10.1. The van der Waals surface area contributed by atoms with Crippen LogP contribution in [0.4, 0.5) is 11.4 Å². The average Bonchev–Trinajstić information content (AvgIpc) is 2.55. The van der Waals surface area contributed by atoms with Crippen LogP contribution >= 0.6 is 0 Å². The summed E-state index contributed by atoms with van der Waals surface area (Å²) >= 11 is 0. The first-order chi connectivity index (χ1) is 10.7. The second-order valence-electron chi connectivity index (χ2n) is 4.76. The maximum absolute atomic E-state index is 11.4. The van der Waals surface area contributed by atoms with Crippen molar-refractivity contribution < 1.29 is 4.79 Å². The van der Waals surface area contributed by atoms with Gasteiger partial charge in [-0.05, 0) is 30.3 Å². The fourth-order valence-electron chi connectivity index (χ4n) is 2.19. The van der Waals surface area contributed by atoms with Crippen molar-refractivity contribution in [3.63, 3.8) is 0 Å². The minimum atomic E-state index is -0.259. The van der Waals surface area contributed by atoms with Crippen LogP contribution in [0, 0.1) is 0 Å². The van der Waals surface area contributed by atoms with Crippen molar-refractivity contribution in [1.82, 2.24) is 9.97 Å². The number of anilines is 2. The smallest absolute Gasteiger partial charge is 0.247 e. The van der Waals surface area contributed by atoms with E-state index in [4.69, 9.17) is 5.73 Å². The van der Waals surface area contributed by atoms with Crippen LogP contribution in [0.15, 0.2) is 61.4 Å². The number of pyridine rings is 2. The summed E-state index contributed by atoms with van der Waals surface area (Å²) in [5, 5.41) is 3.62. The van der Waals surface area contributed by atoms with Gasteiger partial charge >= 0.3 is 0 Å². The predicted molar refractivity (Wildman–Crippen MR) is 88.2 cm³/mol. The molecule has 2 aromatic heterocycles. The normalized spacial score (nSPS) is 10.4. The molecule has 3 rings (SSSR count). The molecule has 0 radical (unpaired) electrons. The zero-order valence-corrected chi connectivity index (χ0v) is 11.8. The molecule has 0 saturated carbocycles. The minimum absolute atomic E-state index is 0.259. The molecule has 0 spiro atoms. The number of nitrogens with two attached hydrogens (primary N) is 1. The predicted octanol–water partition coefficient (Wildman–Crippen LogP) is 3.00. The van der Waals surface area contributed by atoms with Gasteiger partial charge in [-0.1, -0.05) is 18.7 Å². The number of benzene rings is 1. The van der Waals surface area contributed by atoms with E-state index >= 15 is 0 Å². The molecule has 22 heavy (non-hydrogen) atoms. The molecule has 1 aromatic carbocycles. The molecule has 0 aliphatic heterocycles. The number of nitrogens with zero attached hydrogens (tertiary/aromatic N) is 2. The van der Waals surface area contributed by atoms with E-state index in [0.717, 1.165) is 22.2 Å². The van der Waals surface area contributed by atoms with Crippen LogP contribution in [-0.2, 0) is 4.79 Å². The number of rotatable bonds is 3. The Morgan fingerprint density at radius 2 is 1.95 bits per heavy atom. The lowest BCUT2D eigenvalue weighted by molar-refractivity contribution is -0.111. The van der Waals surface area contributed by atoms with E-state index in [9.17, 15) is 4.79 Å². The molecule has 0 aliphatic rings. The Morgan fingerprint density at radius 3 is 2.77 bits per heavy atom. The number of hydrogen-bond donors (Lipinski definition) is 2. The van der Waals surface area contributed by atoms with Gasteiger partial charge in [0.15, 0.2) is 0 Å². The molecule has 0 aliphatic carbocycles. The Balaban J connectivity index is 2.02. The fourth-order valence-corrected chi connectivity index (χ4v) is 2.19. The SMILES string of the molecule is C=CC(=O)Nc1ccnc(-c2ccc3c(N)ccnc3c2)c1. The molecular formula is C17H14N4O. The number of carbonyl (C=O) groups is 1. The highest BCUT2D eigenvalue weighted by atomic mass is 16.1. The molecule has 0 saturated heterocycles. The highest BCUT2D eigenvalue weighted by molar-refractivity contribution is 5.99. The van der Waals surface area contributed by atoms with Crippen molar-refractivity contribution in [1.29, 1.82) is 0 Å². The first-order valence-corrected chi connectivity index (χ1v) is 6.71. The highest BCUT2D eigenvalue weighted by Gasteiger charge is 2.05. The van der Waals surface area contributed by atoms with Crippen molar-refractivity contribution in [2.24, 2.45) is 0 Å². The number of nitrogen functional groups attached to an aromatic ring is 1. The molecule has 5 nitrogen and oxygen atoms in total. The molecule has 0 bridgehead atoms. The second-order valence-corrected chi connectivity index (χ2v) is 4.76. The largest absolute Gasteiger partial charge is 0.398 e. The van der Waals surface area contributed by atoms with Gasteiger partial charge in [-0.2, -0.15) is 0 Å². The maximum atomic E-state index is 11.4. The third-order valence-electron chi connectivity index (χ3n) is 3.29. The van der Waals surface area contributed by atoms with Gasteiger partial charge < -0.3 is 11.1 Å². The quantitative estimate of drug-likeness (QED) is 0.727. The van der Waals surface area contributed by atoms with Gasteiger partial charge in [0, 0.05) is 34.7 Å². The molecule has 0 unspecified atom stereocenters. The van der Waals surface area contributed by atoms with Gasteiger partial charge in [0.05, 0.1) is 11.2 Å². The monoisotopic (exact) mass is 290 g/mol. The van der Waals surface area contributed by atoms with E-state index < -0.39 is 0 Å². The van der Waals surface area contributed by atoms with Crippen molar-refractivity contribution in [2.75, 3.05) is 11.1 Å². The van der Waals surface area contributed by atoms with E-state index in [0.29, 0.717) is 11.4 Å². The zero-order chi connectivity index (χ0) is 15.5. The lowest BCUT2D eigenvalue weighted by Crippen LogP contribution is -2.07. The number of nitrogens with one attached hydrogen (secondary N) is 1. The van der Waals surface area contributed by atoms with Gasteiger partial charge in [-0.15, -0.1) is 0 Å². The topological polar surface area (TPSA) is 80.9 Å². The number of hydrogen-bond acceptors (Lipinski definition) is 4. The van der Waals surface area contributed by atoms with Crippen LogP contribution in [0.3, 0.4) is 0 Å². The molecule has 0 atom stereocenters. The number of carbonyl (C=O) groups excluding carboxylic acids is 1. The Labute approximate surface area is 127 Å². The van der Waals surface area contributed by atoms with Crippen LogP contribution in [0.25, 0.3) is 22.2 Å². The molecule has 108 valence electrons. The Kier molecular flexibility index (Phi) is 3.53. The van der Waals surface area contributed by atoms with Crippen LogP contribution in [-0.4, -0.2) is 15.9 Å². The maximum Gasteiger partial charge on any atom is 0.247 e. The van der Waals surface area contributed by atoms with Crippen LogP contribution in [0.1, 0.15) is 0 Å². The first kappa shape index (κ1) is 13.8. The van der Waals surface area contributed by atoms with Crippen LogP contribution in [0.2, 0.25) is 0 Å². The molecule has 3 N–H and O–H groups in total. The van der Waals surface area contributed by atoms with Gasteiger partial charge in [-0.25, -0.2) is 0 Å². The van der Waals surface area contributed by atoms with Crippen LogP contribution < -0.4 is 11.1 Å². The Bertz CT molecular complexity index is 873. The fraction of sp³-hybridized carbons (Fsp3) is 0. The summed E-state index contributed by atoms with van der Waals surface area (Å²) in [6, 6.07) is 11.1. The first-order valence-electron chi connectivity index (χ1n) is 6.71. The highest BCUT2D eigenvalue weighted by Crippen LogP contribution is 2.26. The van der Waals surface area contributed by atoms with Crippen molar-refractivity contribution >= 4 is 28.2 Å². The summed E-state index contributed by atoms with van der Waals surface area (Å²) in [5.74, 6) is -0.259. The van der Waals surface area contributed by atoms with Gasteiger partial charge in [0.1, 0.15) is 0 Å². The van der Waals surface area contributed by atoms with Crippen LogP contribution in [0.5, 0.6) is 0 Å². The molecule has 2 heterocycles. The summed E-state index contributed by atoms with van der Waals surface area (Å²) in [7, 11) is 0.